The molecule has 0 bridgehead atoms. The third-order valence-corrected chi connectivity index (χ3v) is 6.67. The molecule has 1 amide bonds. The molecule has 0 aliphatic heterocycles. The summed E-state index contributed by atoms with van der Waals surface area (Å²) in [6, 6.07) is 9.78. The zero-order chi connectivity index (χ0) is 22.8. The summed E-state index contributed by atoms with van der Waals surface area (Å²) in [5, 5.41) is 0.112. The van der Waals surface area contributed by atoms with E-state index in [1.165, 1.54) is 54.5 Å². The summed E-state index contributed by atoms with van der Waals surface area (Å²) >= 11 is 6.70. The predicted molar refractivity (Wildman–Crippen MR) is 112 cm³/mol. The molecule has 31 heavy (non-hydrogen) atoms. The van der Waals surface area contributed by atoms with Gasteiger partial charge in [0.05, 0.1) is 16.7 Å². The van der Waals surface area contributed by atoms with Crippen LogP contribution in [0.5, 0.6) is 0 Å². The van der Waals surface area contributed by atoms with E-state index in [1.807, 2.05) is 0 Å². The molecule has 3 rings (SSSR count). The number of rotatable bonds is 6. The van der Waals surface area contributed by atoms with Gasteiger partial charge in [-0.05, 0) is 42.0 Å². The fourth-order valence-electron chi connectivity index (χ4n) is 2.62. The maximum atomic E-state index is 12.7. The van der Waals surface area contributed by atoms with E-state index < -0.39 is 27.7 Å². The summed E-state index contributed by atoms with van der Waals surface area (Å²) in [5.74, 6) is -0.413. The van der Waals surface area contributed by atoms with Crippen molar-refractivity contribution in [3.8, 4) is 0 Å². The van der Waals surface area contributed by atoms with Crippen LogP contribution in [0.1, 0.15) is 21.5 Å². The smallest absolute Gasteiger partial charge is 0.337 e. The third-order valence-electron chi connectivity index (χ3n) is 4.16. The van der Waals surface area contributed by atoms with Crippen LogP contribution >= 0.6 is 22.9 Å². The number of sulfonamides is 1. The molecule has 0 unspecified atom stereocenters. The monoisotopic (exact) mass is 489 g/mol. The number of aromatic nitrogens is 1. The van der Waals surface area contributed by atoms with Gasteiger partial charge in [0.25, 0.3) is 15.9 Å². The molecule has 164 valence electrons. The second-order valence-electron chi connectivity index (χ2n) is 6.46. The van der Waals surface area contributed by atoms with Crippen molar-refractivity contribution in [2.45, 2.75) is 17.6 Å². The van der Waals surface area contributed by atoms with Crippen molar-refractivity contribution < 1.29 is 26.4 Å². The molecule has 1 N–H and O–H groups in total. The van der Waals surface area contributed by atoms with Gasteiger partial charge in [0, 0.05) is 19.2 Å². The Bertz CT molecular complexity index is 1180. The topological polar surface area (TPSA) is 79.4 Å². The van der Waals surface area contributed by atoms with Gasteiger partial charge >= 0.3 is 6.18 Å². The number of hydrogen-bond acceptors (Lipinski definition) is 5. The molecule has 3 aromatic rings. The molecule has 0 aliphatic carbocycles. The van der Waals surface area contributed by atoms with Crippen LogP contribution in [0.4, 0.5) is 18.3 Å². The Morgan fingerprint density at radius 1 is 1.13 bits per heavy atom. The van der Waals surface area contributed by atoms with Crippen LogP contribution in [0.3, 0.4) is 0 Å². The molecular weight excluding hydrogens is 475 g/mol. The van der Waals surface area contributed by atoms with E-state index in [4.69, 9.17) is 11.6 Å². The minimum Gasteiger partial charge on any atom is -0.337 e. The number of nitrogens with one attached hydrogen (secondary N) is 1. The van der Waals surface area contributed by atoms with Gasteiger partial charge in [-0.3, -0.25) is 9.52 Å². The zero-order valence-electron chi connectivity index (χ0n) is 15.9. The van der Waals surface area contributed by atoms with Crippen LogP contribution in [-0.4, -0.2) is 31.3 Å². The van der Waals surface area contributed by atoms with Crippen LogP contribution in [0.15, 0.2) is 59.6 Å². The largest absolute Gasteiger partial charge is 0.416 e. The SMILES string of the molecule is CN(Cc1ccc(C(F)(F)F)cc1)C(=O)c1ccc(S(=O)(=O)Nc2ncc(Cl)s2)cc1. The quantitative estimate of drug-likeness (QED) is 0.534. The first-order chi connectivity index (χ1) is 14.5. The number of thiazole rings is 1. The number of carbonyl (C=O) groups is 1. The van der Waals surface area contributed by atoms with Crippen LogP contribution in [0.25, 0.3) is 0 Å². The first kappa shape index (κ1) is 23.0. The van der Waals surface area contributed by atoms with Gasteiger partial charge in [-0.1, -0.05) is 35.1 Å². The van der Waals surface area contributed by atoms with E-state index in [2.05, 4.69) is 9.71 Å². The molecule has 0 saturated carbocycles. The van der Waals surface area contributed by atoms with Gasteiger partial charge in [0.15, 0.2) is 5.13 Å². The molecule has 0 radical (unpaired) electrons. The van der Waals surface area contributed by atoms with E-state index in [0.717, 1.165) is 23.5 Å². The Kier molecular flexibility index (Phi) is 6.58. The van der Waals surface area contributed by atoms with Gasteiger partial charge in [0.2, 0.25) is 0 Å². The van der Waals surface area contributed by atoms with E-state index >= 15 is 0 Å². The molecule has 0 spiro atoms. The van der Waals surface area contributed by atoms with Gasteiger partial charge in [-0.2, -0.15) is 13.2 Å². The van der Waals surface area contributed by atoms with Crippen LogP contribution < -0.4 is 4.72 Å². The van der Waals surface area contributed by atoms with Crippen molar-refractivity contribution >= 4 is 44.0 Å². The average Bonchev–Trinajstić information content (AvgIpc) is 3.11. The number of nitrogens with zero attached hydrogens (tertiary/aromatic N) is 2. The number of anilines is 1. The van der Waals surface area contributed by atoms with E-state index in [9.17, 15) is 26.4 Å². The lowest BCUT2D eigenvalue weighted by Gasteiger charge is -2.18. The lowest BCUT2D eigenvalue weighted by Crippen LogP contribution is -2.26. The molecule has 0 atom stereocenters. The van der Waals surface area contributed by atoms with E-state index in [0.29, 0.717) is 9.90 Å². The van der Waals surface area contributed by atoms with Crippen LogP contribution in [0, 0.1) is 0 Å². The summed E-state index contributed by atoms with van der Waals surface area (Å²) in [5.41, 5.74) is -0.0179. The minimum absolute atomic E-state index is 0.0687. The summed E-state index contributed by atoms with van der Waals surface area (Å²) in [6.45, 7) is 0.0867. The van der Waals surface area contributed by atoms with E-state index in [1.54, 1.807) is 0 Å². The molecule has 0 aliphatic rings. The highest BCUT2D eigenvalue weighted by Gasteiger charge is 2.30. The van der Waals surface area contributed by atoms with Crippen molar-refractivity contribution in [2.24, 2.45) is 0 Å². The van der Waals surface area contributed by atoms with Crippen LogP contribution in [0.2, 0.25) is 4.34 Å². The molecule has 6 nitrogen and oxygen atoms in total. The fraction of sp³-hybridized carbons (Fsp3) is 0.158. The third kappa shape index (κ3) is 5.75. The maximum Gasteiger partial charge on any atom is 0.416 e. The molecular formula is C19H15ClF3N3O3S2. The number of alkyl halides is 3. The summed E-state index contributed by atoms with van der Waals surface area (Å²) in [7, 11) is -2.41. The van der Waals surface area contributed by atoms with Gasteiger partial charge < -0.3 is 4.90 Å². The van der Waals surface area contributed by atoms with Gasteiger partial charge in [-0.25, -0.2) is 13.4 Å². The highest BCUT2D eigenvalue weighted by molar-refractivity contribution is 7.93. The number of halogens is 4. The van der Waals surface area contributed by atoms with Crippen molar-refractivity contribution in [2.75, 3.05) is 11.8 Å². The van der Waals surface area contributed by atoms with Gasteiger partial charge in [-0.15, -0.1) is 0 Å². The second kappa shape index (κ2) is 8.85. The predicted octanol–water partition coefficient (Wildman–Crippen LogP) is 4.89. The normalized spacial score (nSPS) is 11.9. The van der Waals surface area contributed by atoms with Crippen molar-refractivity contribution in [3.63, 3.8) is 0 Å². The Labute approximate surface area is 185 Å². The lowest BCUT2D eigenvalue weighted by atomic mass is 10.1. The molecule has 2 aromatic carbocycles. The molecule has 12 heteroatoms. The summed E-state index contributed by atoms with van der Waals surface area (Å²) in [6.07, 6.45) is -3.11. The fourth-order valence-corrected chi connectivity index (χ4v) is 4.67. The Morgan fingerprint density at radius 3 is 2.26 bits per heavy atom. The summed E-state index contributed by atoms with van der Waals surface area (Å²) < 4.78 is 65.4. The standard InChI is InChI=1S/C19H15ClF3N3O3S2/c1-26(11-12-2-6-14(7-3-12)19(21,22)23)17(27)13-4-8-15(9-5-13)31(28,29)25-18-24-10-16(20)30-18/h2-10H,11H2,1H3,(H,24,25). The highest BCUT2D eigenvalue weighted by atomic mass is 35.5. The first-order valence-corrected chi connectivity index (χ1v) is 11.3. The van der Waals surface area contributed by atoms with Gasteiger partial charge in [0.1, 0.15) is 4.34 Å². The Morgan fingerprint density at radius 2 is 1.74 bits per heavy atom. The van der Waals surface area contributed by atoms with Crippen molar-refractivity contribution in [1.82, 2.24) is 9.88 Å². The van der Waals surface area contributed by atoms with Crippen molar-refractivity contribution in [3.05, 3.63) is 75.8 Å². The number of hydrogen-bond donors (Lipinski definition) is 1. The second-order valence-corrected chi connectivity index (χ2v) is 9.80. The van der Waals surface area contributed by atoms with Crippen molar-refractivity contribution in [1.29, 1.82) is 0 Å². The van der Waals surface area contributed by atoms with E-state index in [-0.39, 0.29) is 22.1 Å². The first-order valence-electron chi connectivity index (χ1n) is 8.61. The minimum atomic E-state index is -4.43. The number of carbonyl (C=O) groups excluding carboxylic acids is 1. The Hall–Kier alpha value is -2.63. The Balaban J connectivity index is 1.68. The molecule has 1 heterocycles. The highest BCUT2D eigenvalue weighted by Crippen LogP contribution is 2.29. The average molecular weight is 490 g/mol. The zero-order valence-corrected chi connectivity index (χ0v) is 18.2. The number of amides is 1. The number of benzene rings is 2. The van der Waals surface area contributed by atoms with Crippen LogP contribution in [-0.2, 0) is 22.7 Å². The maximum absolute atomic E-state index is 12.7. The molecule has 0 fully saturated rings. The molecule has 0 saturated heterocycles. The molecule has 1 aromatic heterocycles. The summed E-state index contributed by atoms with van der Waals surface area (Å²) in [4.78, 5) is 17.7. The lowest BCUT2D eigenvalue weighted by molar-refractivity contribution is -0.137.